The molecule has 0 radical (unpaired) electrons. The lowest BCUT2D eigenvalue weighted by Gasteiger charge is -2.23. The summed E-state index contributed by atoms with van der Waals surface area (Å²) in [5.74, 6) is -0.390. The van der Waals surface area contributed by atoms with E-state index in [1.165, 1.54) is 5.01 Å². The third kappa shape index (κ3) is 5.55. The summed E-state index contributed by atoms with van der Waals surface area (Å²) in [4.78, 5) is 24.3. The Morgan fingerprint density at radius 2 is 1.63 bits per heavy atom. The van der Waals surface area contributed by atoms with E-state index in [-0.39, 0.29) is 18.4 Å². The molecule has 0 spiro atoms. The molecule has 2 amide bonds. The molecule has 0 fully saturated rings. The van der Waals surface area contributed by atoms with Crippen LogP contribution in [0.2, 0.25) is 10.0 Å². The van der Waals surface area contributed by atoms with Gasteiger partial charge in [-0.3, -0.25) is 9.59 Å². The lowest BCUT2D eigenvalue weighted by Crippen LogP contribution is -2.40. The SMILES string of the molecule is O=C(CN1N=C(c2ccc(Cl)cc2)CCC1=O)NCCc1ccc(Cl)cc1. The lowest BCUT2D eigenvalue weighted by atomic mass is 10.0. The van der Waals surface area contributed by atoms with Crippen LogP contribution < -0.4 is 5.32 Å². The minimum Gasteiger partial charge on any atom is -0.354 e. The summed E-state index contributed by atoms with van der Waals surface area (Å²) in [7, 11) is 0. The Morgan fingerprint density at radius 1 is 1.00 bits per heavy atom. The molecule has 0 bridgehead atoms. The minimum atomic E-state index is -0.238. The van der Waals surface area contributed by atoms with E-state index in [0.29, 0.717) is 35.9 Å². The van der Waals surface area contributed by atoms with Crippen LogP contribution in [0, 0.1) is 0 Å². The topological polar surface area (TPSA) is 61.8 Å². The normalized spacial score (nSPS) is 14.1. The van der Waals surface area contributed by atoms with E-state index >= 15 is 0 Å². The molecule has 3 rings (SSSR count). The number of nitrogens with one attached hydrogen (secondary N) is 1. The summed E-state index contributed by atoms with van der Waals surface area (Å²) in [5, 5.41) is 9.75. The van der Waals surface area contributed by atoms with Gasteiger partial charge in [-0.05, 0) is 41.8 Å². The first kappa shape index (κ1) is 19.4. The Labute approximate surface area is 168 Å². The molecule has 2 aromatic rings. The molecule has 140 valence electrons. The third-order valence-electron chi connectivity index (χ3n) is 4.22. The number of hydrazone groups is 1. The molecule has 7 heteroatoms. The predicted octanol–water partition coefficient (Wildman–Crippen LogP) is 3.68. The largest absolute Gasteiger partial charge is 0.354 e. The van der Waals surface area contributed by atoms with Crippen LogP contribution in [0.25, 0.3) is 0 Å². The molecule has 27 heavy (non-hydrogen) atoms. The highest BCUT2D eigenvalue weighted by atomic mass is 35.5. The van der Waals surface area contributed by atoms with Gasteiger partial charge < -0.3 is 5.32 Å². The number of carbonyl (C=O) groups is 2. The summed E-state index contributed by atoms with van der Waals surface area (Å²) < 4.78 is 0. The van der Waals surface area contributed by atoms with Crippen LogP contribution in [0.3, 0.4) is 0 Å². The van der Waals surface area contributed by atoms with Crippen LogP contribution >= 0.6 is 23.2 Å². The highest BCUT2D eigenvalue weighted by molar-refractivity contribution is 6.30. The van der Waals surface area contributed by atoms with E-state index in [4.69, 9.17) is 23.2 Å². The van der Waals surface area contributed by atoms with E-state index < -0.39 is 0 Å². The van der Waals surface area contributed by atoms with Gasteiger partial charge in [0, 0.05) is 29.4 Å². The first-order chi connectivity index (χ1) is 13.0. The van der Waals surface area contributed by atoms with Crippen molar-refractivity contribution in [3.05, 3.63) is 69.7 Å². The van der Waals surface area contributed by atoms with Crippen molar-refractivity contribution in [1.82, 2.24) is 10.3 Å². The van der Waals surface area contributed by atoms with Crippen molar-refractivity contribution in [2.75, 3.05) is 13.1 Å². The Morgan fingerprint density at radius 3 is 2.30 bits per heavy atom. The minimum absolute atomic E-state index is 0.0868. The molecule has 5 nitrogen and oxygen atoms in total. The summed E-state index contributed by atoms with van der Waals surface area (Å²) in [6, 6.07) is 14.8. The number of hydrogen-bond donors (Lipinski definition) is 1. The van der Waals surface area contributed by atoms with Crippen LogP contribution in [-0.4, -0.2) is 35.6 Å². The van der Waals surface area contributed by atoms with Gasteiger partial charge in [-0.1, -0.05) is 47.5 Å². The molecular formula is C20H19Cl2N3O2. The van der Waals surface area contributed by atoms with Crippen LogP contribution in [0.5, 0.6) is 0 Å². The number of nitrogens with zero attached hydrogens (tertiary/aromatic N) is 2. The van der Waals surface area contributed by atoms with E-state index in [9.17, 15) is 9.59 Å². The second-order valence-corrected chi connectivity index (χ2v) is 7.10. The van der Waals surface area contributed by atoms with Gasteiger partial charge in [-0.15, -0.1) is 0 Å². The van der Waals surface area contributed by atoms with Gasteiger partial charge in [0.15, 0.2) is 0 Å². The summed E-state index contributed by atoms with van der Waals surface area (Å²) >= 11 is 11.8. The standard InChI is InChI=1S/C20H19Cl2N3O2/c21-16-5-1-14(2-6-16)11-12-23-19(26)13-25-20(27)10-9-18(24-25)15-3-7-17(22)8-4-15/h1-8H,9-13H2,(H,23,26). The molecule has 0 aliphatic carbocycles. The van der Waals surface area contributed by atoms with E-state index in [2.05, 4.69) is 10.4 Å². The molecule has 0 saturated heterocycles. The number of benzene rings is 2. The fourth-order valence-electron chi connectivity index (χ4n) is 2.76. The van der Waals surface area contributed by atoms with Crippen molar-refractivity contribution >= 4 is 40.7 Å². The smallest absolute Gasteiger partial charge is 0.243 e. The van der Waals surface area contributed by atoms with Crippen molar-refractivity contribution in [1.29, 1.82) is 0 Å². The lowest BCUT2D eigenvalue weighted by molar-refractivity contribution is -0.136. The van der Waals surface area contributed by atoms with Gasteiger partial charge in [0.05, 0.1) is 5.71 Å². The first-order valence-electron chi connectivity index (χ1n) is 8.66. The molecule has 0 unspecified atom stereocenters. The van der Waals surface area contributed by atoms with Crippen molar-refractivity contribution < 1.29 is 9.59 Å². The Hall–Kier alpha value is -2.37. The first-order valence-corrected chi connectivity index (χ1v) is 9.42. The molecule has 2 aromatic carbocycles. The molecule has 0 aromatic heterocycles. The van der Waals surface area contributed by atoms with E-state index in [1.807, 2.05) is 36.4 Å². The van der Waals surface area contributed by atoms with Crippen molar-refractivity contribution in [3.63, 3.8) is 0 Å². The molecule has 1 N–H and O–H groups in total. The molecule has 1 aliphatic rings. The highest BCUT2D eigenvalue weighted by Crippen LogP contribution is 2.17. The zero-order valence-electron chi connectivity index (χ0n) is 14.6. The molecule has 0 atom stereocenters. The summed E-state index contributed by atoms with van der Waals surface area (Å²) in [6.07, 6.45) is 1.57. The average Bonchev–Trinajstić information content (AvgIpc) is 2.66. The Balaban J connectivity index is 1.55. The van der Waals surface area contributed by atoms with Crippen molar-refractivity contribution in [3.8, 4) is 0 Å². The van der Waals surface area contributed by atoms with Crippen LogP contribution in [-0.2, 0) is 16.0 Å². The maximum atomic E-state index is 12.2. The van der Waals surface area contributed by atoms with Gasteiger partial charge in [0.2, 0.25) is 11.8 Å². The maximum Gasteiger partial charge on any atom is 0.243 e. The third-order valence-corrected chi connectivity index (χ3v) is 4.73. The molecule has 1 aliphatic heterocycles. The number of halogens is 2. The molecular weight excluding hydrogens is 385 g/mol. The van der Waals surface area contributed by atoms with Crippen molar-refractivity contribution in [2.45, 2.75) is 19.3 Å². The molecule has 0 saturated carbocycles. The Kier molecular flexibility index (Phi) is 6.48. The van der Waals surface area contributed by atoms with Crippen LogP contribution in [0.1, 0.15) is 24.0 Å². The fraction of sp³-hybridized carbons (Fsp3) is 0.250. The van der Waals surface area contributed by atoms with Crippen molar-refractivity contribution in [2.24, 2.45) is 5.10 Å². The van der Waals surface area contributed by atoms with Crippen LogP contribution in [0.4, 0.5) is 0 Å². The number of hydrogen-bond acceptors (Lipinski definition) is 3. The second kappa shape index (κ2) is 9.02. The van der Waals surface area contributed by atoms with Gasteiger partial charge in [0.1, 0.15) is 6.54 Å². The fourth-order valence-corrected chi connectivity index (χ4v) is 3.01. The maximum absolute atomic E-state index is 12.2. The quantitative estimate of drug-likeness (QED) is 0.799. The summed E-state index contributed by atoms with van der Waals surface area (Å²) in [6.45, 7) is 0.396. The monoisotopic (exact) mass is 403 g/mol. The average molecular weight is 404 g/mol. The van der Waals surface area contributed by atoms with Crippen LogP contribution in [0.15, 0.2) is 53.6 Å². The predicted molar refractivity (Wildman–Crippen MR) is 107 cm³/mol. The zero-order valence-corrected chi connectivity index (χ0v) is 16.1. The van der Waals surface area contributed by atoms with Gasteiger partial charge >= 0.3 is 0 Å². The number of rotatable bonds is 6. The van der Waals surface area contributed by atoms with E-state index in [1.54, 1.807) is 12.1 Å². The van der Waals surface area contributed by atoms with Gasteiger partial charge in [-0.25, -0.2) is 5.01 Å². The van der Waals surface area contributed by atoms with E-state index in [0.717, 1.165) is 16.8 Å². The zero-order chi connectivity index (χ0) is 19.2. The van der Waals surface area contributed by atoms with Gasteiger partial charge in [0.25, 0.3) is 0 Å². The number of amides is 2. The molecule has 1 heterocycles. The Bertz CT molecular complexity index is 849. The van der Waals surface area contributed by atoms with Gasteiger partial charge in [-0.2, -0.15) is 5.10 Å². The number of carbonyl (C=O) groups excluding carboxylic acids is 2. The second-order valence-electron chi connectivity index (χ2n) is 6.23. The highest BCUT2D eigenvalue weighted by Gasteiger charge is 2.23. The summed E-state index contributed by atoms with van der Waals surface area (Å²) in [5.41, 5.74) is 2.76.